The molecule has 0 bridgehead atoms. The van der Waals surface area contributed by atoms with E-state index in [0.717, 1.165) is 6.07 Å². The molecule has 0 aromatic heterocycles. The van der Waals surface area contributed by atoms with E-state index >= 15 is 0 Å². The second kappa shape index (κ2) is 7.18. The lowest BCUT2D eigenvalue weighted by Crippen LogP contribution is -2.51. The van der Waals surface area contributed by atoms with Gasteiger partial charge in [-0.15, -0.1) is 0 Å². The molecule has 3 nitrogen and oxygen atoms in total. The van der Waals surface area contributed by atoms with E-state index in [-0.39, 0.29) is 35.3 Å². The predicted molar refractivity (Wildman–Crippen MR) is 101 cm³/mol. The van der Waals surface area contributed by atoms with Gasteiger partial charge in [-0.25, -0.2) is 12.8 Å². The van der Waals surface area contributed by atoms with E-state index in [9.17, 15) is 39.2 Å². The third kappa shape index (κ3) is 3.00. The van der Waals surface area contributed by atoms with Crippen molar-refractivity contribution >= 4 is 9.84 Å². The molecule has 0 radical (unpaired) electrons. The van der Waals surface area contributed by atoms with Gasteiger partial charge in [-0.2, -0.15) is 26.3 Å². The molecule has 1 heterocycles. The van der Waals surface area contributed by atoms with Crippen LogP contribution in [0.5, 0.6) is 0 Å². The van der Waals surface area contributed by atoms with Crippen LogP contribution in [0.1, 0.15) is 29.5 Å². The maximum atomic E-state index is 14.6. The summed E-state index contributed by atoms with van der Waals surface area (Å²) in [5.41, 5.74) is -7.09. The van der Waals surface area contributed by atoms with Crippen molar-refractivity contribution in [3.05, 3.63) is 65.2 Å². The molecule has 174 valence electrons. The summed E-state index contributed by atoms with van der Waals surface area (Å²) >= 11 is 0. The average Bonchev–Trinajstić information content (AvgIpc) is 3.18. The molecule has 2 atom stereocenters. The number of alkyl halides is 7. The first kappa shape index (κ1) is 23.0. The summed E-state index contributed by atoms with van der Waals surface area (Å²) in [6, 6.07) is 8.72. The molecule has 2 aromatic rings. The smallest absolute Gasteiger partial charge is 0.312 e. The Morgan fingerprint density at radius 1 is 0.906 bits per heavy atom. The van der Waals surface area contributed by atoms with Gasteiger partial charge in [0.25, 0.3) is 0 Å². The van der Waals surface area contributed by atoms with Crippen LogP contribution in [0.3, 0.4) is 0 Å². The number of halogens is 7. The molecule has 0 unspecified atom stereocenters. The molecule has 0 amide bonds. The number of aryl methyl sites for hydroxylation is 1. The summed E-state index contributed by atoms with van der Waals surface area (Å²) in [7, 11) is -4.08. The summed E-state index contributed by atoms with van der Waals surface area (Å²) in [6.45, 7) is 0.302. The Labute approximate surface area is 179 Å². The predicted octanol–water partition coefficient (Wildman–Crippen LogP) is 4.95. The minimum Gasteiger partial charge on any atom is -0.312 e. The molecule has 0 spiro atoms. The van der Waals surface area contributed by atoms with Crippen molar-refractivity contribution in [2.24, 2.45) is 0 Å². The maximum absolute atomic E-state index is 14.6. The lowest BCUT2D eigenvalue weighted by atomic mass is 9.77. The zero-order valence-corrected chi connectivity index (χ0v) is 17.2. The fourth-order valence-electron chi connectivity index (χ4n) is 4.92. The molecule has 4 rings (SSSR count). The van der Waals surface area contributed by atoms with Gasteiger partial charge in [-0.1, -0.05) is 36.4 Å². The van der Waals surface area contributed by atoms with Crippen LogP contribution in [0.15, 0.2) is 53.4 Å². The summed E-state index contributed by atoms with van der Waals surface area (Å²) in [6.07, 6.45) is -12.2. The maximum Gasteiger partial charge on any atom is 0.435 e. The second-order valence-corrected chi connectivity index (χ2v) is 10.2. The lowest BCUT2D eigenvalue weighted by molar-refractivity contribution is -0.348. The SMILES string of the molecule is O=S(=O)(c1ccccc1)[C@@]12CCN[C@@H]1CCc1cc(C(F)(C(F)(F)F)C(F)(F)F)ccc12. The minimum absolute atomic E-state index is 0.00366. The van der Waals surface area contributed by atoms with E-state index in [4.69, 9.17) is 0 Å². The number of benzene rings is 2. The van der Waals surface area contributed by atoms with Crippen LogP contribution in [0.25, 0.3) is 0 Å². The minimum atomic E-state index is -6.24. The largest absolute Gasteiger partial charge is 0.435 e. The number of fused-ring (bicyclic) bond motifs is 3. The number of nitrogens with one attached hydrogen (secondary N) is 1. The van der Waals surface area contributed by atoms with E-state index < -0.39 is 44.2 Å². The third-order valence-corrected chi connectivity index (χ3v) is 8.99. The number of rotatable bonds is 3. The van der Waals surface area contributed by atoms with Crippen molar-refractivity contribution in [3.8, 4) is 0 Å². The fraction of sp³-hybridized carbons (Fsp3) is 0.429. The zero-order chi connectivity index (χ0) is 23.6. The van der Waals surface area contributed by atoms with Gasteiger partial charge in [0.05, 0.1) is 4.90 Å². The highest BCUT2D eigenvalue weighted by Gasteiger charge is 2.73. The molecule has 1 fully saturated rings. The highest BCUT2D eigenvalue weighted by atomic mass is 32.2. The molecule has 2 aliphatic rings. The van der Waals surface area contributed by atoms with Crippen LogP contribution in [0, 0.1) is 0 Å². The van der Waals surface area contributed by atoms with Crippen molar-refractivity contribution in [1.29, 1.82) is 0 Å². The Morgan fingerprint density at radius 3 is 2.12 bits per heavy atom. The third-order valence-electron chi connectivity index (χ3n) is 6.43. The number of hydrogen-bond donors (Lipinski definition) is 1. The van der Waals surface area contributed by atoms with Crippen molar-refractivity contribution in [1.82, 2.24) is 5.32 Å². The lowest BCUT2D eigenvalue weighted by Gasteiger charge is -2.41. The topological polar surface area (TPSA) is 46.2 Å². The van der Waals surface area contributed by atoms with Gasteiger partial charge in [0.15, 0.2) is 9.84 Å². The molecule has 1 N–H and O–H groups in total. The van der Waals surface area contributed by atoms with Crippen LogP contribution < -0.4 is 5.32 Å². The van der Waals surface area contributed by atoms with Gasteiger partial charge in [-0.3, -0.25) is 0 Å². The molecule has 0 saturated carbocycles. The van der Waals surface area contributed by atoms with Crippen LogP contribution in [-0.2, 0) is 26.7 Å². The van der Waals surface area contributed by atoms with E-state index in [1.807, 2.05) is 0 Å². The fourth-order valence-corrected chi connectivity index (χ4v) is 7.29. The number of sulfone groups is 1. The van der Waals surface area contributed by atoms with Crippen LogP contribution in [0.2, 0.25) is 0 Å². The van der Waals surface area contributed by atoms with Crippen LogP contribution >= 0.6 is 0 Å². The summed E-state index contributed by atoms with van der Waals surface area (Å²) in [5.74, 6) is 0. The highest BCUT2D eigenvalue weighted by molar-refractivity contribution is 7.92. The number of hydrogen-bond acceptors (Lipinski definition) is 3. The molecule has 1 aliphatic carbocycles. The zero-order valence-electron chi connectivity index (χ0n) is 16.4. The van der Waals surface area contributed by atoms with Gasteiger partial charge in [0.1, 0.15) is 4.75 Å². The molecule has 32 heavy (non-hydrogen) atoms. The van der Waals surface area contributed by atoms with Gasteiger partial charge < -0.3 is 5.32 Å². The normalized spacial score (nSPS) is 24.2. The Bertz CT molecular complexity index is 1120. The first-order chi connectivity index (χ1) is 14.8. The van der Waals surface area contributed by atoms with Gasteiger partial charge >= 0.3 is 18.0 Å². The monoisotopic (exact) mass is 481 g/mol. The van der Waals surface area contributed by atoms with E-state index in [1.54, 1.807) is 6.07 Å². The molecule has 1 aliphatic heterocycles. The summed E-state index contributed by atoms with van der Waals surface area (Å²) in [4.78, 5) is -0.00366. The van der Waals surface area contributed by atoms with Gasteiger partial charge in [0.2, 0.25) is 0 Å². The second-order valence-electron chi connectivity index (χ2n) is 8.03. The van der Waals surface area contributed by atoms with E-state index in [1.165, 1.54) is 24.3 Å². The average molecular weight is 481 g/mol. The quantitative estimate of drug-likeness (QED) is 0.631. The van der Waals surface area contributed by atoms with Crippen molar-refractivity contribution < 1.29 is 39.2 Å². The van der Waals surface area contributed by atoms with Crippen LogP contribution in [-0.4, -0.2) is 33.4 Å². The van der Waals surface area contributed by atoms with Crippen molar-refractivity contribution in [2.75, 3.05) is 6.54 Å². The highest BCUT2D eigenvalue weighted by Crippen LogP contribution is 2.55. The molecule has 2 aromatic carbocycles. The Hall–Kier alpha value is -2.14. The van der Waals surface area contributed by atoms with Crippen molar-refractivity contribution in [3.63, 3.8) is 0 Å². The summed E-state index contributed by atoms with van der Waals surface area (Å²) < 4.78 is 120. The van der Waals surface area contributed by atoms with E-state index in [0.29, 0.717) is 18.7 Å². The first-order valence-corrected chi connectivity index (χ1v) is 11.2. The van der Waals surface area contributed by atoms with Crippen molar-refractivity contribution in [2.45, 2.75) is 53.0 Å². The molecule has 11 heteroatoms. The molecular weight excluding hydrogens is 463 g/mol. The van der Waals surface area contributed by atoms with Gasteiger partial charge in [0, 0.05) is 11.6 Å². The molecular formula is C21H18F7NO2S. The molecule has 1 saturated heterocycles. The Morgan fingerprint density at radius 2 is 1.53 bits per heavy atom. The van der Waals surface area contributed by atoms with Gasteiger partial charge in [-0.05, 0) is 49.1 Å². The Kier molecular flexibility index (Phi) is 5.17. The summed E-state index contributed by atoms with van der Waals surface area (Å²) in [5, 5.41) is 3.10. The standard InChI is InChI=1S/C21H18F7NO2S/c22-19(20(23,24)25,21(26,27)28)14-7-8-16-13(12-14)6-9-17-18(16,10-11-29-17)32(30,31)15-4-2-1-3-5-15/h1-5,7-8,12,17,29H,6,9-11H2/t17-,18-/m1/s1. The van der Waals surface area contributed by atoms with E-state index in [2.05, 4.69) is 5.32 Å². The first-order valence-electron chi connectivity index (χ1n) is 9.76. The Balaban J connectivity index is 1.93. The van der Waals surface area contributed by atoms with Crippen LogP contribution in [0.4, 0.5) is 30.7 Å².